The van der Waals surface area contributed by atoms with Gasteiger partial charge in [-0.15, -0.1) is 0 Å². The summed E-state index contributed by atoms with van der Waals surface area (Å²) in [4.78, 5) is 25.1. The van der Waals surface area contributed by atoms with E-state index < -0.39 is 23.9 Å². The number of likely N-dealkylation sites (N-methyl/N-ethyl adjacent to an activating group) is 1. The Kier molecular flexibility index (Phi) is 6.28. The number of carbonyl (C=O) groups is 1. The maximum absolute atomic E-state index is 13.1. The lowest BCUT2D eigenvalue weighted by Crippen LogP contribution is -2.48. The third-order valence-electron chi connectivity index (χ3n) is 5.68. The molecule has 1 saturated heterocycles. The van der Waals surface area contributed by atoms with E-state index in [1.807, 2.05) is 11.9 Å². The maximum atomic E-state index is 13.1. The number of halogens is 4. The number of ether oxygens (including phenoxy) is 1. The number of nitrogens with one attached hydrogen (secondary N) is 1. The zero-order chi connectivity index (χ0) is 23.0. The Labute approximate surface area is 188 Å². The normalized spacial score (nSPS) is 20.2. The summed E-state index contributed by atoms with van der Waals surface area (Å²) in [6.45, 7) is 4.05. The topological polar surface area (TPSA) is 70.6 Å². The zero-order valence-corrected chi connectivity index (χ0v) is 18.4. The first-order chi connectivity index (χ1) is 15.1. The average molecular weight is 470 g/mol. The van der Waals surface area contributed by atoms with Gasteiger partial charge in [0.25, 0.3) is 5.91 Å². The molecule has 1 aromatic heterocycles. The second-order valence-corrected chi connectivity index (χ2v) is 8.41. The first-order valence-corrected chi connectivity index (χ1v) is 10.6. The molecule has 2 aliphatic heterocycles. The van der Waals surface area contributed by atoms with Crippen LogP contribution < -0.4 is 5.32 Å². The molecule has 1 fully saturated rings. The number of benzene rings is 1. The number of nitrogens with zero attached hydrogens (tertiary/aromatic N) is 4. The molecule has 1 aromatic carbocycles. The lowest BCUT2D eigenvalue weighted by atomic mass is 10.0. The van der Waals surface area contributed by atoms with Crippen molar-refractivity contribution in [2.24, 2.45) is 0 Å². The Bertz CT molecular complexity index is 1020. The molecular formula is C21H23ClF3N5O2. The fraction of sp³-hybridized carbons (Fsp3) is 0.476. The molecule has 2 atom stereocenters. The van der Waals surface area contributed by atoms with E-state index >= 15 is 0 Å². The van der Waals surface area contributed by atoms with Gasteiger partial charge in [-0.25, -0.2) is 9.97 Å². The van der Waals surface area contributed by atoms with Crippen LogP contribution in [0.1, 0.15) is 35.3 Å². The zero-order valence-electron chi connectivity index (χ0n) is 17.6. The van der Waals surface area contributed by atoms with Crippen molar-refractivity contribution in [3.63, 3.8) is 0 Å². The van der Waals surface area contributed by atoms with Gasteiger partial charge in [0, 0.05) is 24.7 Å². The molecule has 0 radical (unpaired) electrons. The predicted octanol–water partition coefficient (Wildman–Crippen LogP) is 3.49. The molecule has 0 bridgehead atoms. The molecule has 2 aromatic rings. The molecule has 11 heteroatoms. The molecule has 1 N–H and O–H groups in total. The van der Waals surface area contributed by atoms with E-state index in [4.69, 9.17) is 16.3 Å². The number of morpholine rings is 1. The predicted molar refractivity (Wildman–Crippen MR) is 112 cm³/mol. The van der Waals surface area contributed by atoms with Crippen LogP contribution >= 0.6 is 11.6 Å². The minimum absolute atomic E-state index is 0.00504. The molecule has 7 nitrogen and oxygen atoms in total. The lowest BCUT2D eigenvalue weighted by molar-refractivity contribution is -0.149. The molecule has 3 heterocycles. The van der Waals surface area contributed by atoms with Crippen LogP contribution in [0.2, 0.25) is 5.28 Å². The van der Waals surface area contributed by atoms with Crippen LogP contribution in [-0.4, -0.2) is 58.5 Å². The summed E-state index contributed by atoms with van der Waals surface area (Å²) in [5, 5.41) is 3.15. The van der Waals surface area contributed by atoms with Gasteiger partial charge < -0.3 is 19.9 Å². The van der Waals surface area contributed by atoms with Crippen molar-refractivity contribution in [1.29, 1.82) is 0 Å². The highest BCUT2D eigenvalue weighted by atomic mass is 35.5. The van der Waals surface area contributed by atoms with Crippen molar-refractivity contribution in [2.75, 3.05) is 32.1 Å². The van der Waals surface area contributed by atoms with Gasteiger partial charge in [-0.3, -0.25) is 4.79 Å². The van der Waals surface area contributed by atoms with Gasteiger partial charge >= 0.3 is 6.18 Å². The minimum Gasteiger partial charge on any atom is -0.366 e. The van der Waals surface area contributed by atoms with Gasteiger partial charge in [0.05, 0.1) is 31.0 Å². The van der Waals surface area contributed by atoms with Crippen LogP contribution in [-0.2, 0) is 28.8 Å². The first kappa shape index (κ1) is 22.8. The number of aromatic nitrogens is 2. The molecule has 1 amide bonds. The highest BCUT2D eigenvalue weighted by Gasteiger charge is 2.35. The molecular weight excluding hydrogens is 447 g/mol. The van der Waals surface area contributed by atoms with Crippen molar-refractivity contribution < 1.29 is 22.7 Å². The summed E-state index contributed by atoms with van der Waals surface area (Å²) < 4.78 is 44.9. The first-order valence-electron chi connectivity index (χ1n) is 10.2. The summed E-state index contributed by atoms with van der Waals surface area (Å²) in [7, 11) is 1.93. The SMILES string of the molecule is C[C@@H](Nc1nc(Cl)nc2c1CN(C(=O)C1CN(C)CCO1)C2)c1cccc(C(F)(F)F)c1. The van der Waals surface area contributed by atoms with E-state index in [9.17, 15) is 18.0 Å². The fourth-order valence-electron chi connectivity index (χ4n) is 3.90. The molecule has 2 aliphatic rings. The smallest absolute Gasteiger partial charge is 0.366 e. The highest BCUT2D eigenvalue weighted by molar-refractivity contribution is 6.28. The van der Waals surface area contributed by atoms with Crippen LogP contribution in [0.5, 0.6) is 0 Å². The number of alkyl halides is 3. The van der Waals surface area contributed by atoms with E-state index in [1.54, 1.807) is 17.9 Å². The van der Waals surface area contributed by atoms with Crippen molar-refractivity contribution >= 4 is 23.3 Å². The molecule has 0 spiro atoms. The van der Waals surface area contributed by atoms with Gasteiger partial charge in [-0.2, -0.15) is 13.2 Å². The van der Waals surface area contributed by atoms with Gasteiger partial charge in [0.2, 0.25) is 5.28 Å². The summed E-state index contributed by atoms with van der Waals surface area (Å²) in [6, 6.07) is 4.64. The van der Waals surface area contributed by atoms with Gasteiger partial charge in [0.15, 0.2) is 0 Å². The molecule has 32 heavy (non-hydrogen) atoms. The molecule has 0 saturated carbocycles. The number of fused-ring (bicyclic) bond motifs is 1. The van der Waals surface area contributed by atoms with Crippen molar-refractivity contribution in [3.05, 3.63) is 51.9 Å². The van der Waals surface area contributed by atoms with Crippen LogP contribution in [0.3, 0.4) is 0 Å². The lowest BCUT2D eigenvalue weighted by Gasteiger charge is -2.31. The number of hydrogen-bond donors (Lipinski definition) is 1. The molecule has 0 aliphatic carbocycles. The summed E-state index contributed by atoms with van der Waals surface area (Å²) in [5.41, 5.74) is 1.05. The fourth-order valence-corrected chi connectivity index (χ4v) is 4.09. The number of carbonyl (C=O) groups excluding carboxylic acids is 1. The second-order valence-electron chi connectivity index (χ2n) is 8.07. The van der Waals surface area contributed by atoms with Gasteiger partial charge in [-0.05, 0) is 43.3 Å². The molecule has 4 rings (SSSR count). The summed E-state index contributed by atoms with van der Waals surface area (Å²) >= 11 is 6.09. The Balaban J connectivity index is 1.53. The Morgan fingerprint density at radius 1 is 1.31 bits per heavy atom. The largest absolute Gasteiger partial charge is 0.416 e. The molecule has 172 valence electrons. The average Bonchev–Trinajstić information content (AvgIpc) is 3.17. The quantitative estimate of drug-likeness (QED) is 0.691. The summed E-state index contributed by atoms with van der Waals surface area (Å²) in [6.07, 6.45) is -4.97. The van der Waals surface area contributed by atoms with Crippen LogP contribution in [0, 0.1) is 0 Å². The Morgan fingerprint density at radius 2 is 2.09 bits per heavy atom. The maximum Gasteiger partial charge on any atom is 0.416 e. The monoisotopic (exact) mass is 469 g/mol. The molecule has 1 unspecified atom stereocenters. The van der Waals surface area contributed by atoms with Crippen molar-refractivity contribution in [3.8, 4) is 0 Å². The van der Waals surface area contributed by atoms with E-state index in [-0.39, 0.29) is 24.3 Å². The van der Waals surface area contributed by atoms with E-state index in [2.05, 4.69) is 15.3 Å². The minimum atomic E-state index is -4.43. The number of amides is 1. The Morgan fingerprint density at radius 3 is 2.81 bits per heavy atom. The number of anilines is 1. The van der Waals surface area contributed by atoms with E-state index in [0.717, 1.165) is 18.7 Å². The second kappa shape index (κ2) is 8.84. The third kappa shape index (κ3) is 4.82. The highest BCUT2D eigenvalue weighted by Crippen LogP contribution is 2.33. The third-order valence-corrected chi connectivity index (χ3v) is 5.85. The Hall–Kier alpha value is -2.43. The number of hydrogen-bond acceptors (Lipinski definition) is 6. The van der Waals surface area contributed by atoms with Crippen molar-refractivity contribution in [2.45, 2.75) is 38.3 Å². The van der Waals surface area contributed by atoms with Crippen LogP contribution in [0.25, 0.3) is 0 Å². The van der Waals surface area contributed by atoms with E-state index in [0.29, 0.717) is 35.8 Å². The van der Waals surface area contributed by atoms with E-state index in [1.165, 1.54) is 6.07 Å². The van der Waals surface area contributed by atoms with Crippen LogP contribution in [0.15, 0.2) is 24.3 Å². The van der Waals surface area contributed by atoms with Gasteiger partial charge in [-0.1, -0.05) is 12.1 Å². The van der Waals surface area contributed by atoms with Crippen molar-refractivity contribution in [1.82, 2.24) is 19.8 Å². The van der Waals surface area contributed by atoms with Crippen LogP contribution in [0.4, 0.5) is 19.0 Å². The summed E-state index contributed by atoms with van der Waals surface area (Å²) in [5.74, 6) is 0.268. The van der Waals surface area contributed by atoms with Gasteiger partial charge in [0.1, 0.15) is 11.9 Å². The standard InChI is InChI=1S/C21H23ClF3N5O2/c1-12(13-4-3-5-14(8-13)21(23,24)25)26-18-15-9-30(10-16(15)27-20(22)28-18)19(31)17-11-29(2)6-7-32-17/h3-5,8,12,17H,6-7,9-11H2,1-2H3,(H,26,27,28)/t12-,17?/m1/s1. The number of rotatable bonds is 4.